The molecule has 0 saturated heterocycles. The van der Waals surface area contributed by atoms with E-state index in [2.05, 4.69) is 16.5 Å². The van der Waals surface area contributed by atoms with E-state index in [-0.39, 0.29) is 6.10 Å². The lowest BCUT2D eigenvalue weighted by atomic mass is 10.2. The van der Waals surface area contributed by atoms with Crippen molar-refractivity contribution in [2.75, 3.05) is 12.4 Å². The minimum atomic E-state index is 0.173. The van der Waals surface area contributed by atoms with Gasteiger partial charge in [0.15, 0.2) is 0 Å². The van der Waals surface area contributed by atoms with Gasteiger partial charge in [-0.2, -0.15) is 11.8 Å². The summed E-state index contributed by atoms with van der Waals surface area (Å²) in [4.78, 5) is 4.12. The molecule has 3 nitrogen and oxygen atoms in total. The topological polar surface area (TPSA) is 27.1 Å². The molecular weight excluding hydrogens is 387 g/mol. The van der Waals surface area contributed by atoms with E-state index >= 15 is 0 Å². The highest BCUT2D eigenvalue weighted by atomic mass is 35.5. The normalized spacial score (nSPS) is 12.4. The van der Waals surface area contributed by atoms with Gasteiger partial charge in [-0.15, -0.1) is 0 Å². The molecule has 0 aliphatic carbocycles. The summed E-state index contributed by atoms with van der Waals surface area (Å²) in [6.07, 6.45) is 12.1. The Balaban J connectivity index is 1.77. The van der Waals surface area contributed by atoms with Crippen molar-refractivity contribution >= 4 is 35.0 Å². The Morgan fingerprint density at radius 3 is 2.77 bits per heavy atom. The first kappa shape index (κ1) is 21.6. The van der Waals surface area contributed by atoms with Crippen LogP contribution in [0.3, 0.4) is 0 Å². The van der Waals surface area contributed by atoms with Gasteiger partial charge in [0.2, 0.25) is 0 Å². The maximum atomic E-state index is 6.26. The maximum Gasteiger partial charge on any atom is 0.0946 e. The molecule has 1 heterocycles. The van der Waals surface area contributed by atoms with Crippen molar-refractivity contribution in [2.45, 2.75) is 57.4 Å². The predicted molar refractivity (Wildman–Crippen MR) is 113 cm³/mol. The molecule has 1 aromatic carbocycles. The zero-order valence-electron chi connectivity index (χ0n) is 15.4. The van der Waals surface area contributed by atoms with Crippen LogP contribution < -0.4 is 0 Å². The zero-order chi connectivity index (χ0) is 18.6. The summed E-state index contributed by atoms with van der Waals surface area (Å²) >= 11 is 14.1. The van der Waals surface area contributed by atoms with Gasteiger partial charge in [-0.05, 0) is 24.1 Å². The average Bonchev–Trinajstić information content (AvgIpc) is 3.12. The molecule has 0 aliphatic rings. The van der Waals surface area contributed by atoms with E-state index in [9.17, 15) is 0 Å². The molecule has 6 heteroatoms. The number of unbranched alkanes of at least 4 members (excludes halogenated alkanes) is 4. The Kier molecular flexibility index (Phi) is 10.5. The molecule has 0 saturated carbocycles. The lowest BCUT2D eigenvalue weighted by molar-refractivity contribution is 0.0548. The third-order valence-electron chi connectivity index (χ3n) is 4.15. The second kappa shape index (κ2) is 12.7. The van der Waals surface area contributed by atoms with E-state index in [4.69, 9.17) is 27.9 Å². The van der Waals surface area contributed by atoms with Crippen LogP contribution in [0.15, 0.2) is 36.9 Å². The minimum absolute atomic E-state index is 0.173. The maximum absolute atomic E-state index is 6.26. The van der Waals surface area contributed by atoms with Gasteiger partial charge in [-0.3, -0.25) is 0 Å². The summed E-state index contributed by atoms with van der Waals surface area (Å²) in [7, 11) is 0. The molecule has 1 atom stereocenters. The molecule has 2 aromatic rings. The van der Waals surface area contributed by atoms with Crippen LogP contribution in [0.25, 0.3) is 0 Å². The van der Waals surface area contributed by atoms with Crippen molar-refractivity contribution in [1.82, 2.24) is 9.55 Å². The lowest BCUT2D eigenvalue weighted by Crippen LogP contribution is -2.23. The molecular formula is C20H28Cl2N2OS. The monoisotopic (exact) mass is 414 g/mol. The Hall–Kier alpha value is -0.680. The average molecular weight is 415 g/mol. The molecule has 2 rings (SSSR count). The van der Waals surface area contributed by atoms with Crippen molar-refractivity contribution in [2.24, 2.45) is 0 Å². The fourth-order valence-electron chi connectivity index (χ4n) is 2.68. The molecule has 0 radical (unpaired) electrons. The fraction of sp³-hybridized carbons (Fsp3) is 0.550. The standard InChI is InChI=1S/C20H28Cl2N2OS/c1-2-3-4-5-6-11-25-19(13-24-10-9-23-16-24)15-26-14-17-7-8-18(21)12-20(17)22/h7-10,12,16,19H,2-6,11,13-15H2,1H3. The highest BCUT2D eigenvalue weighted by molar-refractivity contribution is 7.98. The molecule has 144 valence electrons. The van der Waals surface area contributed by atoms with Crippen LogP contribution in [0.2, 0.25) is 10.0 Å². The molecule has 0 N–H and O–H groups in total. The van der Waals surface area contributed by atoms with Crippen LogP contribution in [0, 0.1) is 0 Å². The molecule has 0 bridgehead atoms. The summed E-state index contributed by atoms with van der Waals surface area (Å²) in [5, 5.41) is 1.40. The molecule has 26 heavy (non-hydrogen) atoms. The molecule has 0 spiro atoms. The number of benzene rings is 1. The van der Waals surface area contributed by atoms with E-state index in [0.717, 1.165) is 41.7 Å². The predicted octanol–water partition coefficient (Wildman–Crippen LogP) is 6.48. The number of ether oxygens (including phenoxy) is 1. The number of rotatable bonds is 13. The molecule has 1 aromatic heterocycles. The van der Waals surface area contributed by atoms with Crippen LogP contribution in [0.4, 0.5) is 0 Å². The number of thioether (sulfide) groups is 1. The van der Waals surface area contributed by atoms with Crippen molar-refractivity contribution < 1.29 is 4.74 Å². The van der Waals surface area contributed by atoms with E-state index in [1.54, 1.807) is 6.07 Å². The van der Waals surface area contributed by atoms with Gasteiger partial charge in [0, 0.05) is 40.6 Å². The number of hydrogen-bond donors (Lipinski definition) is 0. The Bertz CT molecular complexity index is 622. The van der Waals surface area contributed by atoms with Crippen LogP contribution in [-0.4, -0.2) is 28.0 Å². The SMILES string of the molecule is CCCCCCCOC(CSCc1ccc(Cl)cc1Cl)Cn1ccnc1. The van der Waals surface area contributed by atoms with Gasteiger partial charge < -0.3 is 9.30 Å². The Morgan fingerprint density at radius 1 is 1.19 bits per heavy atom. The highest BCUT2D eigenvalue weighted by Crippen LogP contribution is 2.25. The van der Waals surface area contributed by atoms with Crippen LogP contribution in [-0.2, 0) is 17.0 Å². The zero-order valence-corrected chi connectivity index (χ0v) is 17.7. The van der Waals surface area contributed by atoms with Crippen LogP contribution >= 0.6 is 35.0 Å². The van der Waals surface area contributed by atoms with Crippen LogP contribution in [0.5, 0.6) is 0 Å². The number of aromatic nitrogens is 2. The molecule has 0 aliphatic heterocycles. The third kappa shape index (κ3) is 8.34. The fourth-order valence-corrected chi connectivity index (χ4v) is 4.29. The molecule has 0 fully saturated rings. The second-order valence-corrected chi connectivity index (χ2v) is 8.29. The summed E-state index contributed by atoms with van der Waals surface area (Å²) in [5.41, 5.74) is 1.11. The van der Waals surface area contributed by atoms with E-state index in [0.29, 0.717) is 5.02 Å². The van der Waals surface area contributed by atoms with E-state index in [1.165, 1.54) is 25.7 Å². The first-order chi connectivity index (χ1) is 12.7. The summed E-state index contributed by atoms with van der Waals surface area (Å²) in [6, 6.07) is 5.69. The number of nitrogens with zero attached hydrogens (tertiary/aromatic N) is 2. The first-order valence-corrected chi connectivity index (χ1v) is 11.2. The minimum Gasteiger partial charge on any atom is -0.376 e. The summed E-state index contributed by atoms with van der Waals surface area (Å²) in [6.45, 7) is 3.89. The summed E-state index contributed by atoms with van der Waals surface area (Å²) < 4.78 is 8.24. The number of hydrogen-bond acceptors (Lipinski definition) is 3. The van der Waals surface area contributed by atoms with Gasteiger partial charge in [-0.1, -0.05) is 61.9 Å². The van der Waals surface area contributed by atoms with Crippen LogP contribution in [0.1, 0.15) is 44.6 Å². The second-order valence-electron chi connectivity index (χ2n) is 6.42. The third-order valence-corrected chi connectivity index (χ3v) is 5.86. The van der Waals surface area contributed by atoms with Gasteiger partial charge in [0.05, 0.1) is 19.0 Å². The van der Waals surface area contributed by atoms with Crippen molar-refractivity contribution in [3.05, 3.63) is 52.5 Å². The molecule has 1 unspecified atom stereocenters. The Morgan fingerprint density at radius 2 is 2.04 bits per heavy atom. The van der Waals surface area contributed by atoms with Crippen molar-refractivity contribution in [3.63, 3.8) is 0 Å². The van der Waals surface area contributed by atoms with Gasteiger partial charge in [0.1, 0.15) is 0 Å². The van der Waals surface area contributed by atoms with Crippen molar-refractivity contribution in [3.8, 4) is 0 Å². The lowest BCUT2D eigenvalue weighted by Gasteiger charge is -2.18. The van der Waals surface area contributed by atoms with E-state index < -0.39 is 0 Å². The smallest absolute Gasteiger partial charge is 0.0946 e. The Labute approximate surface area is 171 Å². The van der Waals surface area contributed by atoms with Crippen molar-refractivity contribution in [1.29, 1.82) is 0 Å². The van der Waals surface area contributed by atoms with E-state index in [1.807, 2.05) is 42.6 Å². The van der Waals surface area contributed by atoms with Gasteiger partial charge in [0.25, 0.3) is 0 Å². The van der Waals surface area contributed by atoms with Gasteiger partial charge in [-0.25, -0.2) is 4.98 Å². The first-order valence-electron chi connectivity index (χ1n) is 9.28. The number of imidazole rings is 1. The van der Waals surface area contributed by atoms with Gasteiger partial charge >= 0.3 is 0 Å². The summed E-state index contributed by atoms with van der Waals surface area (Å²) in [5.74, 6) is 1.78. The highest BCUT2D eigenvalue weighted by Gasteiger charge is 2.11. The molecule has 0 amide bonds. The largest absolute Gasteiger partial charge is 0.376 e. The quantitative estimate of drug-likeness (QED) is 0.351. The number of halogens is 2.